The lowest BCUT2D eigenvalue weighted by molar-refractivity contribution is 0.185. The highest BCUT2D eigenvalue weighted by atomic mass is 32.1. The molecule has 0 fully saturated rings. The summed E-state index contributed by atoms with van der Waals surface area (Å²) < 4.78 is 7.23. The molecule has 4 heterocycles. The molecule has 0 atom stereocenters. The van der Waals surface area contributed by atoms with Gasteiger partial charge in [0.15, 0.2) is 5.82 Å². The van der Waals surface area contributed by atoms with Gasteiger partial charge in [-0.3, -0.25) is 0 Å². The average molecular weight is 357 g/mol. The van der Waals surface area contributed by atoms with E-state index in [1.807, 2.05) is 6.07 Å². The van der Waals surface area contributed by atoms with E-state index < -0.39 is 0 Å². The summed E-state index contributed by atoms with van der Waals surface area (Å²) in [4.78, 5) is 12.4. The Balaban J connectivity index is 1.41. The Morgan fingerprint density at radius 3 is 3.24 bits per heavy atom. The number of aromatic nitrogens is 5. The number of hydrogen-bond acceptors (Lipinski definition) is 8. The van der Waals surface area contributed by atoms with Gasteiger partial charge in [0.2, 0.25) is 5.95 Å². The Morgan fingerprint density at radius 2 is 2.32 bits per heavy atom. The summed E-state index contributed by atoms with van der Waals surface area (Å²) in [6, 6.07) is 4.07. The average Bonchev–Trinajstić information content (AvgIpc) is 3.29. The van der Waals surface area contributed by atoms with Gasteiger partial charge < -0.3 is 19.5 Å². The highest BCUT2D eigenvalue weighted by molar-refractivity contribution is 7.10. The third kappa shape index (κ3) is 3.62. The van der Waals surface area contributed by atoms with E-state index >= 15 is 0 Å². The van der Waals surface area contributed by atoms with Crippen molar-refractivity contribution in [2.24, 2.45) is 0 Å². The van der Waals surface area contributed by atoms with Crippen LogP contribution in [0.25, 0.3) is 0 Å². The van der Waals surface area contributed by atoms with Crippen molar-refractivity contribution in [1.82, 2.24) is 24.7 Å². The van der Waals surface area contributed by atoms with Crippen molar-refractivity contribution in [3.05, 3.63) is 46.3 Å². The van der Waals surface area contributed by atoms with Crippen molar-refractivity contribution < 1.29 is 4.74 Å². The van der Waals surface area contributed by atoms with Crippen LogP contribution < -0.4 is 10.2 Å². The van der Waals surface area contributed by atoms with Gasteiger partial charge in [-0.25, -0.2) is 4.98 Å². The van der Waals surface area contributed by atoms with Crippen molar-refractivity contribution >= 4 is 23.1 Å². The monoisotopic (exact) mass is 357 g/mol. The molecule has 0 radical (unpaired) electrons. The van der Waals surface area contributed by atoms with Gasteiger partial charge in [-0.1, -0.05) is 0 Å². The van der Waals surface area contributed by atoms with Crippen LogP contribution in [0.3, 0.4) is 0 Å². The smallest absolute Gasteiger partial charge is 0.224 e. The minimum atomic E-state index is 0.631. The third-order valence-electron chi connectivity index (χ3n) is 4.04. The van der Waals surface area contributed by atoms with Crippen molar-refractivity contribution in [2.45, 2.75) is 26.2 Å². The van der Waals surface area contributed by atoms with E-state index in [1.165, 1.54) is 10.4 Å². The van der Waals surface area contributed by atoms with Crippen molar-refractivity contribution in [2.75, 3.05) is 23.9 Å². The molecule has 0 bridgehead atoms. The van der Waals surface area contributed by atoms with Crippen LogP contribution in [-0.2, 0) is 31.0 Å². The number of thiophene rings is 1. The molecule has 1 N–H and O–H groups in total. The quantitative estimate of drug-likeness (QED) is 0.722. The lowest BCUT2D eigenvalue weighted by Gasteiger charge is -2.28. The van der Waals surface area contributed by atoms with Gasteiger partial charge in [0.05, 0.1) is 19.7 Å². The van der Waals surface area contributed by atoms with Gasteiger partial charge in [-0.2, -0.15) is 4.98 Å². The first-order chi connectivity index (χ1) is 12.3. The van der Waals surface area contributed by atoms with E-state index in [1.54, 1.807) is 31.0 Å². The maximum absolute atomic E-state index is 5.15. The first-order valence-corrected chi connectivity index (χ1v) is 8.93. The van der Waals surface area contributed by atoms with Gasteiger partial charge in [0.1, 0.15) is 12.1 Å². The summed E-state index contributed by atoms with van der Waals surface area (Å²) in [5.41, 5.74) is 1.19. The lowest BCUT2D eigenvalue weighted by atomic mass is 10.3. The zero-order chi connectivity index (χ0) is 17.1. The van der Waals surface area contributed by atoms with Gasteiger partial charge in [0.25, 0.3) is 0 Å². The van der Waals surface area contributed by atoms with E-state index in [4.69, 9.17) is 4.74 Å². The fourth-order valence-electron chi connectivity index (χ4n) is 2.80. The molecule has 8 nitrogen and oxygen atoms in total. The number of ether oxygens (including phenoxy) is 1. The lowest BCUT2D eigenvalue weighted by Crippen LogP contribution is -2.34. The minimum Gasteiger partial charge on any atom is -0.380 e. The fourth-order valence-corrected chi connectivity index (χ4v) is 3.61. The van der Waals surface area contributed by atoms with Crippen LogP contribution in [-0.4, -0.2) is 38.4 Å². The van der Waals surface area contributed by atoms with Gasteiger partial charge in [0, 0.05) is 31.3 Å². The first kappa shape index (κ1) is 16.0. The number of rotatable bonds is 6. The van der Waals surface area contributed by atoms with Gasteiger partial charge >= 0.3 is 0 Å². The summed E-state index contributed by atoms with van der Waals surface area (Å²) in [6.07, 6.45) is 3.56. The molecule has 0 aromatic carbocycles. The summed E-state index contributed by atoms with van der Waals surface area (Å²) in [5.74, 6) is 2.49. The molecule has 0 saturated heterocycles. The molecule has 4 rings (SSSR count). The maximum atomic E-state index is 5.15. The number of nitrogens with zero attached hydrogens (tertiary/aromatic N) is 6. The van der Waals surface area contributed by atoms with Crippen LogP contribution in [0.5, 0.6) is 0 Å². The van der Waals surface area contributed by atoms with Crippen LogP contribution >= 0.6 is 11.3 Å². The maximum Gasteiger partial charge on any atom is 0.224 e. The molecule has 25 heavy (non-hydrogen) atoms. The molecule has 0 amide bonds. The topological polar surface area (TPSA) is 81.0 Å². The normalized spacial score (nSPS) is 13.7. The first-order valence-electron chi connectivity index (χ1n) is 8.05. The Hall–Kier alpha value is -2.52. The molecule has 0 aliphatic carbocycles. The zero-order valence-electron chi connectivity index (χ0n) is 13.9. The van der Waals surface area contributed by atoms with Crippen molar-refractivity contribution in [3.8, 4) is 0 Å². The fraction of sp³-hybridized carbons (Fsp3) is 0.375. The highest BCUT2D eigenvalue weighted by Gasteiger charge is 2.19. The van der Waals surface area contributed by atoms with Crippen LogP contribution in [0.15, 0.2) is 30.0 Å². The van der Waals surface area contributed by atoms with Crippen LogP contribution in [0.1, 0.15) is 16.3 Å². The Labute approximate surface area is 149 Å². The number of anilines is 2. The molecular formula is C16H19N7OS. The third-order valence-corrected chi connectivity index (χ3v) is 5.03. The molecular weight excluding hydrogens is 338 g/mol. The Morgan fingerprint density at radius 1 is 1.36 bits per heavy atom. The summed E-state index contributed by atoms with van der Waals surface area (Å²) in [5, 5.41) is 13.5. The van der Waals surface area contributed by atoms with E-state index in [9.17, 15) is 0 Å². The van der Waals surface area contributed by atoms with Crippen LogP contribution in [0, 0.1) is 0 Å². The molecule has 3 aromatic heterocycles. The predicted molar refractivity (Wildman–Crippen MR) is 95.5 cm³/mol. The van der Waals surface area contributed by atoms with Crippen molar-refractivity contribution in [3.63, 3.8) is 0 Å². The predicted octanol–water partition coefficient (Wildman–Crippen LogP) is 1.91. The molecule has 3 aromatic rings. The van der Waals surface area contributed by atoms with Crippen LogP contribution in [0.4, 0.5) is 11.8 Å². The Bertz CT molecular complexity index is 846. The molecule has 1 aliphatic rings. The highest BCUT2D eigenvalue weighted by Crippen LogP contribution is 2.20. The molecule has 0 saturated carbocycles. The number of fused-ring (bicyclic) bond motifs is 1. The van der Waals surface area contributed by atoms with E-state index in [0.29, 0.717) is 25.6 Å². The number of nitrogens with one attached hydrogen (secondary N) is 1. The molecule has 9 heteroatoms. The van der Waals surface area contributed by atoms with E-state index in [0.717, 1.165) is 24.7 Å². The Kier molecular flexibility index (Phi) is 4.57. The second-order valence-corrected chi connectivity index (χ2v) is 6.80. The minimum absolute atomic E-state index is 0.631. The summed E-state index contributed by atoms with van der Waals surface area (Å²) in [6.45, 7) is 3.80. The second kappa shape index (κ2) is 7.16. The van der Waals surface area contributed by atoms with Crippen LogP contribution in [0.2, 0.25) is 0 Å². The van der Waals surface area contributed by atoms with Gasteiger partial charge in [-0.05, 0) is 23.1 Å². The SMILES string of the molecule is COCc1csc(CNc2nccc(N3CCn4cnnc4C3)n2)c1. The number of hydrogen-bond donors (Lipinski definition) is 1. The zero-order valence-corrected chi connectivity index (χ0v) is 14.7. The second-order valence-electron chi connectivity index (χ2n) is 5.81. The molecule has 0 spiro atoms. The molecule has 1 aliphatic heterocycles. The van der Waals surface area contributed by atoms with E-state index in [2.05, 4.69) is 46.4 Å². The largest absolute Gasteiger partial charge is 0.380 e. The summed E-state index contributed by atoms with van der Waals surface area (Å²) >= 11 is 1.71. The standard InChI is InChI=1S/C16H19N7OS/c1-24-9-12-6-13(25-10-12)7-18-16-17-3-2-14(20-16)22-4-5-23-11-19-21-15(23)8-22/h2-3,6,10-11H,4-5,7-9H2,1H3,(H,17,18,20). The molecule has 130 valence electrons. The van der Waals surface area contributed by atoms with Gasteiger partial charge in [-0.15, -0.1) is 21.5 Å². The molecule has 0 unspecified atom stereocenters. The van der Waals surface area contributed by atoms with E-state index in [-0.39, 0.29) is 0 Å². The van der Waals surface area contributed by atoms with Crippen molar-refractivity contribution in [1.29, 1.82) is 0 Å². The summed E-state index contributed by atoms with van der Waals surface area (Å²) in [7, 11) is 1.71. The number of methoxy groups -OCH3 is 1.